The largest absolute Gasteiger partial charge is 0.400 e. The van der Waals surface area contributed by atoms with Crippen LogP contribution in [0.2, 0.25) is 10.0 Å². The zero-order valence-corrected chi connectivity index (χ0v) is 12.2. The van der Waals surface area contributed by atoms with Crippen LogP contribution < -0.4 is 11.5 Å². The Hall–Kier alpha value is -1.64. The number of halogens is 2. The minimum atomic E-state index is 0.160. The van der Waals surface area contributed by atoms with Gasteiger partial charge >= 0.3 is 0 Å². The van der Waals surface area contributed by atoms with Gasteiger partial charge in [-0.2, -0.15) is 0 Å². The Bertz CT molecular complexity index is 707. The Kier molecular flexibility index (Phi) is 3.36. The summed E-state index contributed by atoms with van der Waals surface area (Å²) in [5, 5.41) is 1.12. The molecule has 4 heteroatoms. The van der Waals surface area contributed by atoms with Gasteiger partial charge in [0.1, 0.15) is 0 Å². The van der Waals surface area contributed by atoms with Crippen LogP contribution in [0.4, 0.5) is 0 Å². The number of fused-ring (bicyclic) bond motifs is 1. The first-order valence-corrected chi connectivity index (χ1v) is 7.12. The first-order chi connectivity index (χ1) is 9.58. The van der Waals surface area contributed by atoms with Crippen LogP contribution >= 0.6 is 23.2 Å². The SMILES string of the molecule is NC1=C(N)c2ccccc2C(c2ccc(Cl)c(Cl)c2)C1. The number of hydrogen-bond donors (Lipinski definition) is 2. The van der Waals surface area contributed by atoms with Gasteiger partial charge in [0.15, 0.2) is 0 Å². The van der Waals surface area contributed by atoms with Gasteiger partial charge in [-0.05, 0) is 29.7 Å². The summed E-state index contributed by atoms with van der Waals surface area (Å²) in [4.78, 5) is 0. The van der Waals surface area contributed by atoms with Crippen molar-refractivity contribution in [2.75, 3.05) is 0 Å². The maximum atomic E-state index is 6.13. The molecule has 0 heterocycles. The van der Waals surface area contributed by atoms with Crippen molar-refractivity contribution in [3.63, 3.8) is 0 Å². The van der Waals surface area contributed by atoms with Crippen LogP contribution in [0.5, 0.6) is 0 Å². The summed E-state index contributed by atoms with van der Waals surface area (Å²) < 4.78 is 0. The highest BCUT2D eigenvalue weighted by Crippen LogP contribution is 2.40. The molecule has 3 rings (SSSR count). The number of nitrogens with two attached hydrogens (primary N) is 2. The van der Waals surface area contributed by atoms with E-state index in [0.29, 0.717) is 22.2 Å². The fourth-order valence-electron chi connectivity index (χ4n) is 2.69. The second kappa shape index (κ2) is 5.04. The first kappa shape index (κ1) is 13.3. The number of allylic oxidation sites excluding steroid dienone is 1. The lowest BCUT2D eigenvalue weighted by Crippen LogP contribution is -2.20. The lowest BCUT2D eigenvalue weighted by molar-refractivity contribution is 0.770. The third-order valence-electron chi connectivity index (χ3n) is 3.74. The highest BCUT2D eigenvalue weighted by Gasteiger charge is 2.25. The van der Waals surface area contributed by atoms with Crippen LogP contribution in [0.25, 0.3) is 5.70 Å². The van der Waals surface area contributed by atoms with Crippen LogP contribution in [0, 0.1) is 0 Å². The number of hydrogen-bond acceptors (Lipinski definition) is 2. The summed E-state index contributed by atoms with van der Waals surface area (Å²) >= 11 is 12.1. The van der Waals surface area contributed by atoms with Gasteiger partial charge < -0.3 is 11.5 Å². The van der Waals surface area contributed by atoms with Gasteiger partial charge in [-0.15, -0.1) is 0 Å². The summed E-state index contributed by atoms with van der Waals surface area (Å²) in [6, 6.07) is 13.8. The van der Waals surface area contributed by atoms with Gasteiger partial charge in [0.2, 0.25) is 0 Å². The van der Waals surface area contributed by atoms with Gasteiger partial charge in [-0.3, -0.25) is 0 Å². The smallest absolute Gasteiger partial charge is 0.0595 e. The van der Waals surface area contributed by atoms with E-state index in [2.05, 4.69) is 6.07 Å². The van der Waals surface area contributed by atoms with E-state index < -0.39 is 0 Å². The van der Waals surface area contributed by atoms with Crippen LogP contribution in [0.3, 0.4) is 0 Å². The van der Waals surface area contributed by atoms with Crippen molar-refractivity contribution in [3.8, 4) is 0 Å². The van der Waals surface area contributed by atoms with Crippen LogP contribution in [-0.2, 0) is 0 Å². The molecular formula is C16H14Cl2N2. The molecule has 0 spiro atoms. The Morgan fingerprint density at radius 3 is 2.45 bits per heavy atom. The Labute approximate surface area is 128 Å². The van der Waals surface area contributed by atoms with E-state index in [-0.39, 0.29) is 5.92 Å². The van der Waals surface area contributed by atoms with E-state index in [1.165, 1.54) is 5.56 Å². The average molecular weight is 305 g/mol. The summed E-state index contributed by atoms with van der Waals surface area (Å²) in [5.74, 6) is 0.160. The molecule has 1 unspecified atom stereocenters. The van der Waals surface area contributed by atoms with Crippen molar-refractivity contribution >= 4 is 28.9 Å². The highest BCUT2D eigenvalue weighted by atomic mass is 35.5. The molecule has 0 radical (unpaired) electrons. The molecule has 2 aromatic rings. The zero-order valence-electron chi connectivity index (χ0n) is 10.7. The van der Waals surface area contributed by atoms with Crippen molar-refractivity contribution in [1.29, 1.82) is 0 Å². The summed E-state index contributed by atoms with van der Waals surface area (Å²) in [7, 11) is 0. The van der Waals surface area contributed by atoms with Gasteiger partial charge in [0.25, 0.3) is 0 Å². The molecule has 102 valence electrons. The Morgan fingerprint density at radius 1 is 0.950 bits per heavy atom. The summed E-state index contributed by atoms with van der Waals surface area (Å²) in [6.45, 7) is 0. The molecule has 1 atom stereocenters. The van der Waals surface area contributed by atoms with Gasteiger partial charge in [-0.25, -0.2) is 0 Å². The highest BCUT2D eigenvalue weighted by molar-refractivity contribution is 6.42. The van der Waals surface area contributed by atoms with Crippen molar-refractivity contribution in [1.82, 2.24) is 0 Å². The Balaban J connectivity index is 2.14. The molecule has 0 fully saturated rings. The van der Waals surface area contributed by atoms with Crippen molar-refractivity contribution in [3.05, 3.63) is 74.9 Å². The molecule has 0 saturated carbocycles. The predicted octanol–water partition coefficient (Wildman–Crippen LogP) is 4.12. The van der Waals surface area contributed by atoms with Crippen molar-refractivity contribution < 1.29 is 0 Å². The molecule has 2 aromatic carbocycles. The third-order valence-corrected chi connectivity index (χ3v) is 4.48. The second-order valence-electron chi connectivity index (χ2n) is 4.96. The number of rotatable bonds is 1. The predicted molar refractivity (Wildman–Crippen MR) is 84.7 cm³/mol. The van der Waals surface area contributed by atoms with E-state index in [1.54, 1.807) is 0 Å². The molecule has 0 aliphatic heterocycles. The van der Waals surface area contributed by atoms with Crippen molar-refractivity contribution in [2.24, 2.45) is 11.5 Å². The van der Waals surface area contributed by atoms with E-state index in [9.17, 15) is 0 Å². The standard InChI is InChI=1S/C16H14Cl2N2/c17-13-6-5-9(7-14(13)18)12-8-15(19)16(20)11-4-2-1-3-10(11)12/h1-7,12H,8,19-20H2. The van der Waals surface area contributed by atoms with E-state index in [1.807, 2.05) is 36.4 Å². The monoisotopic (exact) mass is 304 g/mol. The summed E-state index contributed by atoms with van der Waals surface area (Å²) in [6.07, 6.45) is 0.695. The molecule has 0 saturated heterocycles. The lowest BCUT2D eigenvalue weighted by atomic mass is 9.80. The van der Waals surface area contributed by atoms with E-state index in [4.69, 9.17) is 34.7 Å². The van der Waals surface area contributed by atoms with E-state index in [0.717, 1.165) is 16.8 Å². The minimum absolute atomic E-state index is 0.160. The average Bonchev–Trinajstić information content (AvgIpc) is 2.46. The molecule has 20 heavy (non-hydrogen) atoms. The fourth-order valence-corrected chi connectivity index (χ4v) is 2.99. The normalized spacial score (nSPS) is 18.0. The van der Waals surface area contributed by atoms with Crippen LogP contribution in [0.15, 0.2) is 48.2 Å². The van der Waals surface area contributed by atoms with Gasteiger partial charge in [0.05, 0.1) is 15.7 Å². The quantitative estimate of drug-likeness (QED) is 0.833. The molecule has 4 N–H and O–H groups in total. The van der Waals surface area contributed by atoms with Crippen LogP contribution in [0.1, 0.15) is 29.0 Å². The lowest BCUT2D eigenvalue weighted by Gasteiger charge is -2.27. The zero-order chi connectivity index (χ0) is 14.3. The van der Waals surface area contributed by atoms with Crippen molar-refractivity contribution in [2.45, 2.75) is 12.3 Å². The molecule has 1 aliphatic carbocycles. The molecule has 2 nitrogen and oxygen atoms in total. The summed E-state index contributed by atoms with van der Waals surface area (Å²) in [5.41, 5.74) is 16.9. The number of benzene rings is 2. The molecule has 0 amide bonds. The van der Waals surface area contributed by atoms with Gasteiger partial charge in [0, 0.05) is 17.2 Å². The van der Waals surface area contributed by atoms with Crippen LogP contribution in [-0.4, -0.2) is 0 Å². The molecule has 1 aliphatic rings. The maximum absolute atomic E-state index is 6.13. The molecule has 0 aromatic heterocycles. The minimum Gasteiger partial charge on any atom is -0.400 e. The topological polar surface area (TPSA) is 52.0 Å². The Morgan fingerprint density at radius 2 is 1.70 bits per heavy atom. The molecule has 0 bridgehead atoms. The van der Waals surface area contributed by atoms with E-state index >= 15 is 0 Å². The fraction of sp³-hybridized carbons (Fsp3) is 0.125. The first-order valence-electron chi connectivity index (χ1n) is 6.36. The second-order valence-corrected chi connectivity index (χ2v) is 5.77. The maximum Gasteiger partial charge on any atom is 0.0595 e. The van der Waals surface area contributed by atoms with Gasteiger partial charge in [-0.1, -0.05) is 53.5 Å². The molecular weight excluding hydrogens is 291 g/mol. The third kappa shape index (κ3) is 2.15.